The number of alkyl halides is 2. The van der Waals surface area contributed by atoms with Crippen LogP contribution in [0, 0.1) is 5.92 Å². The molecular formula is C7H12I2. The molecule has 9 heavy (non-hydrogen) atoms. The van der Waals surface area contributed by atoms with Gasteiger partial charge in [0.1, 0.15) is 0 Å². The van der Waals surface area contributed by atoms with Crippen LogP contribution in [0.2, 0.25) is 0 Å². The van der Waals surface area contributed by atoms with E-state index in [0.29, 0.717) is 0 Å². The van der Waals surface area contributed by atoms with E-state index in [1.165, 1.54) is 19.3 Å². The van der Waals surface area contributed by atoms with Crippen LogP contribution in [-0.4, -0.2) is 7.85 Å². The summed E-state index contributed by atoms with van der Waals surface area (Å²) in [6.07, 6.45) is 4.35. The second kappa shape index (κ2) is 3.74. The highest BCUT2D eigenvalue weighted by Crippen LogP contribution is 2.34. The highest BCUT2D eigenvalue weighted by Gasteiger charge is 2.25. The van der Waals surface area contributed by atoms with Gasteiger partial charge in [-0.2, -0.15) is 0 Å². The Morgan fingerprint density at radius 1 is 1.22 bits per heavy atom. The van der Waals surface area contributed by atoms with Crippen molar-refractivity contribution in [2.24, 2.45) is 5.92 Å². The Kier molecular flexibility index (Phi) is 3.55. The van der Waals surface area contributed by atoms with Gasteiger partial charge in [0, 0.05) is 7.85 Å². The molecule has 0 nitrogen and oxygen atoms in total. The summed E-state index contributed by atoms with van der Waals surface area (Å²) in [7, 11) is 0. The molecule has 0 N–H and O–H groups in total. The first-order chi connectivity index (χ1) is 4.22. The zero-order valence-corrected chi connectivity index (χ0v) is 9.92. The van der Waals surface area contributed by atoms with Crippen molar-refractivity contribution in [1.29, 1.82) is 0 Å². The van der Waals surface area contributed by atoms with Gasteiger partial charge in [0.05, 0.1) is 0 Å². The lowest BCUT2D eigenvalue weighted by Crippen LogP contribution is -2.26. The van der Waals surface area contributed by atoms with E-state index in [1.807, 2.05) is 0 Å². The number of hydrogen-bond acceptors (Lipinski definition) is 0. The van der Waals surface area contributed by atoms with Crippen molar-refractivity contribution in [2.45, 2.75) is 34.0 Å². The van der Waals surface area contributed by atoms with Crippen LogP contribution in [0.5, 0.6) is 0 Å². The fourth-order valence-electron chi connectivity index (χ4n) is 1.31. The maximum Gasteiger partial charge on any atom is 0.0253 e. The lowest BCUT2D eigenvalue weighted by molar-refractivity contribution is 0.426. The van der Waals surface area contributed by atoms with E-state index in [2.05, 4.69) is 52.1 Å². The van der Waals surface area contributed by atoms with E-state index in [9.17, 15) is 0 Å². The fraction of sp³-hybridized carbons (Fsp3) is 1.00. The van der Waals surface area contributed by atoms with Crippen LogP contribution in [0.1, 0.15) is 26.2 Å². The summed E-state index contributed by atoms with van der Waals surface area (Å²) >= 11 is 5.19. The van der Waals surface area contributed by atoms with Gasteiger partial charge in [-0.1, -0.05) is 58.5 Å². The molecule has 1 aliphatic rings. The summed E-state index contributed by atoms with van der Waals surface area (Å²) < 4.78 is 1.86. The first-order valence-electron chi connectivity index (χ1n) is 3.50. The monoisotopic (exact) mass is 350 g/mol. The van der Waals surface area contributed by atoms with Gasteiger partial charge < -0.3 is 0 Å². The Morgan fingerprint density at radius 2 is 1.89 bits per heavy atom. The Labute approximate surface area is 84.4 Å². The van der Waals surface area contributed by atoms with E-state index in [-0.39, 0.29) is 0 Å². The van der Waals surface area contributed by atoms with Gasteiger partial charge in [-0.15, -0.1) is 0 Å². The molecule has 1 saturated carbocycles. The molecular weight excluding hydrogens is 338 g/mol. The molecule has 0 bridgehead atoms. The second-order valence-electron chi connectivity index (χ2n) is 2.87. The first kappa shape index (κ1) is 8.56. The third-order valence-electron chi connectivity index (χ3n) is 2.03. The van der Waals surface area contributed by atoms with E-state index >= 15 is 0 Å². The molecule has 0 aromatic carbocycles. The van der Waals surface area contributed by atoms with Crippen molar-refractivity contribution in [1.82, 2.24) is 0 Å². The van der Waals surface area contributed by atoms with Crippen molar-refractivity contribution < 1.29 is 0 Å². The standard InChI is InChI=1S/C7H12I2/c1-5-3-2-4-6(8)7(5)9/h5-7H,2-4H2,1H3. The predicted octanol–water partition coefficient (Wildman–Crippen LogP) is 3.41. The molecule has 0 aromatic rings. The minimum absolute atomic E-state index is 0.928. The van der Waals surface area contributed by atoms with E-state index in [1.54, 1.807) is 0 Å². The minimum Gasteiger partial charge on any atom is -0.0815 e. The van der Waals surface area contributed by atoms with Gasteiger partial charge >= 0.3 is 0 Å². The summed E-state index contributed by atoms with van der Waals surface area (Å²) in [5.74, 6) is 0.959. The molecule has 0 heterocycles. The zero-order chi connectivity index (χ0) is 6.85. The van der Waals surface area contributed by atoms with Crippen molar-refractivity contribution in [3.63, 3.8) is 0 Å². The van der Waals surface area contributed by atoms with Gasteiger partial charge in [0.15, 0.2) is 0 Å². The summed E-state index contributed by atoms with van der Waals surface area (Å²) in [6.45, 7) is 2.38. The maximum absolute atomic E-state index is 2.60. The molecule has 54 valence electrons. The number of rotatable bonds is 0. The molecule has 1 fully saturated rings. The molecule has 0 aliphatic heterocycles. The average molecular weight is 350 g/mol. The Bertz CT molecular complexity index is 82.9. The lowest BCUT2D eigenvalue weighted by Gasteiger charge is -2.28. The topological polar surface area (TPSA) is 0 Å². The fourth-order valence-corrected chi connectivity index (χ4v) is 3.18. The number of halogens is 2. The van der Waals surface area contributed by atoms with Crippen LogP contribution >= 0.6 is 45.2 Å². The van der Waals surface area contributed by atoms with Gasteiger partial charge in [-0.3, -0.25) is 0 Å². The molecule has 3 atom stereocenters. The zero-order valence-electron chi connectivity index (χ0n) is 5.61. The lowest BCUT2D eigenvalue weighted by atomic mass is 9.91. The van der Waals surface area contributed by atoms with Crippen molar-refractivity contribution in [3.05, 3.63) is 0 Å². The van der Waals surface area contributed by atoms with Crippen LogP contribution in [0.25, 0.3) is 0 Å². The molecule has 1 rings (SSSR count). The molecule has 0 saturated heterocycles. The smallest absolute Gasteiger partial charge is 0.0253 e. The second-order valence-corrected chi connectivity index (χ2v) is 5.91. The summed E-state index contributed by atoms with van der Waals surface area (Å²) in [5.41, 5.74) is 0. The Hall–Kier alpha value is 1.46. The van der Waals surface area contributed by atoms with Gasteiger partial charge in [0.2, 0.25) is 0 Å². The highest BCUT2D eigenvalue weighted by atomic mass is 127. The van der Waals surface area contributed by atoms with Crippen molar-refractivity contribution in [3.8, 4) is 0 Å². The van der Waals surface area contributed by atoms with Crippen LogP contribution < -0.4 is 0 Å². The van der Waals surface area contributed by atoms with Crippen LogP contribution in [0.15, 0.2) is 0 Å². The normalized spacial score (nSPS) is 45.0. The highest BCUT2D eigenvalue weighted by molar-refractivity contribution is 14.1. The van der Waals surface area contributed by atoms with Gasteiger partial charge in [-0.05, 0) is 18.8 Å². The van der Waals surface area contributed by atoms with E-state index in [0.717, 1.165) is 13.8 Å². The molecule has 0 aromatic heterocycles. The summed E-state index contributed by atoms with van der Waals surface area (Å²) in [4.78, 5) is 0. The third-order valence-corrected chi connectivity index (χ3v) is 6.90. The van der Waals surface area contributed by atoms with Crippen LogP contribution in [0.4, 0.5) is 0 Å². The average Bonchev–Trinajstić information content (AvgIpc) is 1.83. The summed E-state index contributed by atoms with van der Waals surface area (Å²) in [5, 5.41) is 0. The summed E-state index contributed by atoms with van der Waals surface area (Å²) in [6, 6.07) is 0. The Morgan fingerprint density at radius 3 is 2.33 bits per heavy atom. The van der Waals surface area contributed by atoms with Crippen molar-refractivity contribution in [2.75, 3.05) is 0 Å². The Balaban J connectivity index is 2.41. The van der Waals surface area contributed by atoms with Crippen molar-refractivity contribution >= 4 is 45.2 Å². The third kappa shape index (κ3) is 2.20. The van der Waals surface area contributed by atoms with Gasteiger partial charge in [0.25, 0.3) is 0 Å². The van der Waals surface area contributed by atoms with Crippen LogP contribution in [0.3, 0.4) is 0 Å². The largest absolute Gasteiger partial charge is 0.0815 e. The van der Waals surface area contributed by atoms with E-state index in [4.69, 9.17) is 0 Å². The predicted molar refractivity (Wildman–Crippen MR) is 58.6 cm³/mol. The maximum atomic E-state index is 2.60. The molecule has 0 spiro atoms. The SMILES string of the molecule is CC1CCCC(I)C1I. The number of hydrogen-bond donors (Lipinski definition) is 0. The van der Waals surface area contributed by atoms with E-state index < -0.39 is 0 Å². The van der Waals surface area contributed by atoms with Crippen LogP contribution in [-0.2, 0) is 0 Å². The first-order valence-corrected chi connectivity index (χ1v) is 5.99. The molecule has 0 radical (unpaired) electrons. The molecule has 0 amide bonds. The quantitative estimate of drug-likeness (QED) is 0.464. The van der Waals surface area contributed by atoms with Gasteiger partial charge in [-0.25, -0.2) is 0 Å². The minimum atomic E-state index is 0.928. The molecule has 3 unspecified atom stereocenters. The molecule has 2 heteroatoms. The molecule has 1 aliphatic carbocycles.